The van der Waals surface area contributed by atoms with Crippen molar-refractivity contribution in [3.05, 3.63) is 23.8 Å². The Kier molecular flexibility index (Phi) is 6.91. The maximum Gasteiger partial charge on any atom is 0.223 e. The normalized spacial score (nSPS) is 14.0. The van der Waals surface area contributed by atoms with Crippen LogP contribution in [0, 0.1) is 5.92 Å². The third kappa shape index (κ3) is 5.55. The molecule has 138 valence electrons. The first-order chi connectivity index (χ1) is 12.1. The zero-order valence-electron chi connectivity index (χ0n) is 15.5. The van der Waals surface area contributed by atoms with E-state index in [2.05, 4.69) is 15.6 Å². The highest BCUT2D eigenvalue weighted by atomic mass is 16.5. The molecule has 0 radical (unpaired) electrons. The van der Waals surface area contributed by atoms with Gasteiger partial charge in [0.15, 0.2) is 5.96 Å². The molecule has 0 spiro atoms. The standard InChI is InChI=1S/C18H28N4O3/c1-19-18(21-10-9-20-17(23)13-5-6-13)22(2)12-14-7-8-15(24-3)11-16(14)25-4/h7-8,11,13H,5-6,9-10,12H2,1-4H3,(H,19,21)(H,20,23). The molecule has 0 unspecified atom stereocenters. The number of benzene rings is 1. The number of ether oxygens (including phenoxy) is 2. The first kappa shape index (κ1) is 18.9. The van der Waals surface area contributed by atoms with E-state index >= 15 is 0 Å². The fourth-order valence-electron chi connectivity index (χ4n) is 2.55. The van der Waals surface area contributed by atoms with Gasteiger partial charge in [0.05, 0.1) is 14.2 Å². The van der Waals surface area contributed by atoms with Crippen LogP contribution >= 0.6 is 0 Å². The minimum atomic E-state index is 0.160. The Balaban J connectivity index is 1.84. The number of hydrogen-bond acceptors (Lipinski definition) is 4. The molecule has 0 atom stereocenters. The summed E-state index contributed by atoms with van der Waals surface area (Å²) in [6.45, 7) is 1.87. The maximum absolute atomic E-state index is 11.6. The van der Waals surface area contributed by atoms with E-state index in [1.807, 2.05) is 30.1 Å². The minimum Gasteiger partial charge on any atom is -0.497 e. The lowest BCUT2D eigenvalue weighted by Crippen LogP contribution is -2.42. The van der Waals surface area contributed by atoms with Gasteiger partial charge in [-0.05, 0) is 25.0 Å². The second-order valence-corrected chi connectivity index (χ2v) is 6.07. The molecule has 1 saturated carbocycles. The monoisotopic (exact) mass is 348 g/mol. The van der Waals surface area contributed by atoms with E-state index in [4.69, 9.17) is 9.47 Å². The Morgan fingerprint density at radius 2 is 1.96 bits per heavy atom. The van der Waals surface area contributed by atoms with Gasteiger partial charge < -0.3 is 25.0 Å². The zero-order valence-corrected chi connectivity index (χ0v) is 15.5. The van der Waals surface area contributed by atoms with Gasteiger partial charge in [0.25, 0.3) is 0 Å². The van der Waals surface area contributed by atoms with Crippen molar-refractivity contribution in [3.8, 4) is 11.5 Å². The first-order valence-electron chi connectivity index (χ1n) is 8.49. The Morgan fingerprint density at radius 1 is 1.24 bits per heavy atom. The molecule has 1 fully saturated rings. The fraction of sp³-hybridized carbons (Fsp3) is 0.556. The van der Waals surface area contributed by atoms with Crippen LogP contribution in [0.25, 0.3) is 0 Å². The predicted molar refractivity (Wildman–Crippen MR) is 98.1 cm³/mol. The number of carbonyl (C=O) groups is 1. The third-order valence-corrected chi connectivity index (χ3v) is 4.13. The Labute approximate surface area is 149 Å². The second kappa shape index (κ2) is 9.15. The topological polar surface area (TPSA) is 75.2 Å². The van der Waals surface area contributed by atoms with E-state index < -0.39 is 0 Å². The lowest BCUT2D eigenvalue weighted by molar-refractivity contribution is -0.122. The van der Waals surface area contributed by atoms with Gasteiger partial charge in [0.2, 0.25) is 5.91 Å². The summed E-state index contributed by atoms with van der Waals surface area (Å²) >= 11 is 0. The molecule has 2 N–H and O–H groups in total. The molecule has 25 heavy (non-hydrogen) atoms. The van der Waals surface area contributed by atoms with Crippen LogP contribution in [-0.4, -0.2) is 58.2 Å². The average molecular weight is 348 g/mol. The van der Waals surface area contributed by atoms with E-state index in [0.29, 0.717) is 19.6 Å². The molecule has 7 nitrogen and oxygen atoms in total. The highest BCUT2D eigenvalue weighted by Gasteiger charge is 2.28. The molecule has 0 aliphatic heterocycles. The molecule has 0 bridgehead atoms. The van der Waals surface area contributed by atoms with Crippen molar-refractivity contribution in [1.82, 2.24) is 15.5 Å². The molecule has 1 aliphatic rings. The van der Waals surface area contributed by atoms with Gasteiger partial charge in [0.1, 0.15) is 11.5 Å². The van der Waals surface area contributed by atoms with Crippen molar-refractivity contribution in [2.75, 3.05) is 41.4 Å². The molecule has 7 heteroatoms. The van der Waals surface area contributed by atoms with Crippen LogP contribution in [0.1, 0.15) is 18.4 Å². The highest BCUT2D eigenvalue weighted by Crippen LogP contribution is 2.28. The number of nitrogens with one attached hydrogen (secondary N) is 2. The van der Waals surface area contributed by atoms with Crippen molar-refractivity contribution >= 4 is 11.9 Å². The van der Waals surface area contributed by atoms with Crippen LogP contribution in [0.5, 0.6) is 11.5 Å². The van der Waals surface area contributed by atoms with E-state index in [-0.39, 0.29) is 11.8 Å². The van der Waals surface area contributed by atoms with Gasteiger partial charge in [-0.3, -0.25) is 9.79 Å². The Hall–Kier alpha value is -2.44. The number of amides is 1. The largest absolute Gasteiger partial charge is 0.497 e. The van der Waals surface area contributed by atoms with Gasteiger partial charge in [0, 0.05) is 51.3 Å². The molecule has 1 aliphatic carbocycles. The molecule has 1 aromatic carbocycles. The molecule has 1 amide bonds. The summed E-state index contributed by atoms with van der Waals surface area (Å²) in [5, 5.41) is 6.19. The number of carbonyl (C=O) groups excluding carboxylic acids is 1. The lowest BCUT2D eigenvalue weighted by atomic mass is 10.2. The lowest BCUT2D eigenvalue weighted by Gasteiger charge is -2.23. The van der Waals surface area contributed by atoms with Crippen molar-refractivity contribution in [1.29, 1.82) is 0 Å². The van der Waals surface area contributed by atoms with Crippen molar-refractivity contribution in [2.45, 2.75) is 19.4 Å². The molecule has 0 aromatic heterocycles. The number of aliphatic imine (C=N–C) groups is 1. The summed E-state index contributed by atoms with van der Waals surface area (Å²) in [5.41, 5.74) is 1.04. The molecule has 1 aromatic rings. The van der Waals surface area contributed by atoms with Gasteiger partial charge in [-0.15, -0.1) is 0 Å². The van der Waals surface area contributed by atoms with E-state index in [1.54, 1.807) is 21.3 Å². The quantitative estimate of drug-likeness (QED) is 0.420. The number of methoxy groups -OCH3 is 2. The van der Waals surface area contributed by atoms with Crippen LogP contribution in [0.2, 0.25) is 0 Å². The Morgan fingerprint density at radius 3 is 2.56 bits per heavy atom. The summed E-state index contributed by atoms with van der Waals surface area (Å²) < 4.78 is 10.7. The van der Waals surface area contributed by atoms with Crippen LogP contribution in [0.4, 0.5) is 0 Å². The Bertz CT molecular complexity index is 614. The summed E-state index contributed by atoms with van der Waals surface area (Å²) in [7, 11) is 6.98. The van der Waals surface area contributed by atoms with Crippen molar-refractivity contribution in [2.24, 2.45) is 10.9 Å². The summed E-state index contributed by atoms with van der Waals surface area (Å²) in [5.74, 6) is 2.70. The summed E-state index contributed by atoms with van der Waals surface area (Å²) in [4.78, 5) is 17.9. The van der Waals surface area contributed by atoms with Gasteiger partial charge in [-0.25, -0.2) is 0 Å². The van der Waals surface area contributed by atoms with E-state index in [1.165, 1.54) is 0 Å². The summed E-state index contributed by atoms with van der Waals surface area (Å²) in [6.07, 6.45) is 2.04. The van der Waals surface area contributed by atoms with Crippen LogP contribution in [0.3, 0.4) is 0 Å². The number of rotatable bonds is 8. The fourth-order valence-corrected chi connectivity index (χ4v) is 2.55. The number of guanidine groups is 1. The smallest absolute Gasteiger partial charge is 0.223 e. The van der Waals surface area contributed by atoms with Crippen molar-refractivity contribution in [3.63, 3.8) is 0 Å². The molecule has 2 rings (SSSR count). The average Bonchev–Trinajstić information content (AvgIpc) is 3.47. The third-order valence-electron chi connectivity index (χ3n) is 4.13. The van der Waals surface area contributed by atoms with Crippen LogP contribution in [-0.2, 0) is 11.3 Å². The van der Waals surface area contributed by atoms with E-state index in [9.17, 15) is 4.79 Å². The van der Waals surface area contributed by atoms with Crippen LogP contribution < -0.4 is 20.1 Å². The zero-order chi connectivity index (χ0) is 18.2. The predicted octanol–water partition coefficient (Wildman–Crippen LogP) is 1.24. The molecule has 0 heterocycles. The maximum atomic E-state index is 11.6. The minimum absolute atomic E-state index is 0.160. The molecule has 0 saturated heterocycles. The van der Waals surface area contributed by atoms with Gasteiger partial charge in [-0.1, -0.05) is 0 Å². The van der Waals surface area contributed by atoms with Crippen molar-refractivity contribution < 1.29 is 14.3 Å². The second-order valence-electron chi connectivity index (χ2n) is 6.07. The van der Waals surface area contributed by atoms with Crippen LogP contribution in [0.15, 0.2) is 23.2 Å². The summed E-state index contributed by atoms with van der Waals surface area (Å²) in [6, 6.07) is 5.76. The van der Waals surface area contributed by atoms with Gasteiger partial charge >= 0.3 is 0 Å². The highest BCUT2D eigenvalue weighted by molar-refractivity contribution is 5.81. The first-order valence-corrected chi connectivity index (χ1v) is 8.49. The number of hydrogen-bond donors (Lipinski definition) is 2. The van der Waals surface area contributed by atoms with Gasteiger partial charge in [-0.2, -0.15) is 0 Å². The van der Waals surface area contributed by atoms with E-state index in [0.717, 1.165) is 35.9 Å². The number of nitrogens with zero attached hydrogens (tertiary/aromatic N) is 2. The molecular weight excluding hydrogens is 320 g/mol. The molecular formula is C18H28N4O3. The SMILES string of the molecule is CN=C(NCCNC(=O)C1CC1)N(C)Cc1ccc(OC)cc1OC.